The first-order chi connectivity index (χ1) is 16.5. The number of amides is 2. The lowest BCUT2D eigenvalue weighted by Crippen LogP contribution is -2.51. The summed E-state index contributed by atoms with van der Waals surface area (Å²) < 4.78 is 1.70. The standard InChI is InChI=1S/C27H41N5O2/c1-21(2)19-32-20-25(23-11-6-7-12-24(23)26(32)33)29-27(34)28-13-8-14-30-15-17-31(18-16-30)22-9-4-3-5-10-22/h6-7,11-12,20-22H,3-5,8-10,13-19H2,1-2H3,(H2,28,29,34). The molecule has 1 aliphatic heterocycles. The molecule has 2 fully saturated rings. The first-order valence-corrected chi connectivity index (χ1v) is 13.1. The first kappa shape index (κ1) is 24.7. The highest BCUT2D eigenvalue weighted by Gasteiger charge is 2.24. The number of nitrogens with one attached hydrogen (secondary N) is 2. The van der Waals surface area contributed by atoms with Crippen LogP contribution in [0.25, 0.3) is 10.8 Å². The van der Waals surface area contributed by atoms with Gasteiger partial charge in [-0.25, -0.2) is 4.79 Å². The van der Waals surface area contributed by atoms with E-state index in [1.54, 1.807) is 10.8 Å². The van der Waals surface area contributed by atoms with Crippen LogP contribution in [-0.2, 0) is 6.54 Å². The molecule has 1 aliphatic carbocycles. The molecule has 7 heteroatoms. The van der Waals surface area contributed by atoms with Crippen LogP contribution < -0.4 is 16.2 Å². The Labute approximate surface area is 203 Å². The van der Waals surface area contributed by atoms with Gasteiger partial charge in [0.05, 0.1) is 5.69 Å². The molecule has 1 saturated heterocycles. The number of urea groups is 1. The molecule has 0 atom stereocenters. The molecule has 1 aromatic carbocycles. The van der Waals surface area contributed by atoms with E-state index in [0.29, 0.717) is 30.1 Å². The van der Waals surface area contributed by atoms with Crippen molar-refractivity contribution in [2.75, 3.05) is 44.6 Å². The van der Waals surface area contributed by atoms with E-state index in [-0.39, 0.29) is 11.6 Å². The van der Waals surface area contributed by atoms with Crippen molar-refractivity contribution in [3.05, 3.63) is 40.8 Å². The van der Waals surface area contributed by atoms with Gasteiger partial charge in [0.25, 0.3) is 5.56 Å². The second-order valence-corrected chi connectivity index (χ2v) is 10.3. The number of piperazine rings is 1. The second kappa shape index (κ2) is 11.8. The minimum atomic E-state index is -0.220. The van der Waals surface area contributed by atoms with Gasteiger partial charge >= 0.3 is 6.03 Å². The normalized spacial score (nSPS) is 18.4. The van der Waals surface area contributed by atoms with Gasteiger partial charge in [0.15, 0.2) is 0 Å². The number of rotatable bonds is 8. The summed E-state index contributed by atoms with van der Waals surface area (Å²) in [6.07, 6.45) is 9.67. The average Bonchev–Trinajstić information content (AvgIpc) is 2.85. The zero-order chi connectivity index (χ0) is 23.9. The Balaban J connectivity index is 1.24. The van der Waals surface area contributed by atoms with Crippen molar-refractivity contribution in [3.8, 4) is 0 Å². The van der Waals surface area contributed by atoms with Crippen LogP contribution in [0.2, 0.25) is 0 Å². The van der Waals surface area contributed by atoms with E-state index in [2.05, 4.69) is 34.3 Å². The van der Waals surface area contributed by atoms with Gasteiger partial charge in [0.2, 0.25) is 0 Å². The van der Waals surface area contributed by atoms with E-state index < -0.39 is 0 Å². The predicted octanol–water partition coefficient (Wildman–Crippen LogP) is 4.12. The molecule has 0 bridgehead atoms. The first-order valence-electron chi connectivity index (χ1n) is 13.1. The Hall–Kier alpha value is -2.38. The van der Waals surface area contributed by atoms with Gasteiger partial charge in [0.1, 0.15) is 0 Å². The summed E-state index contributed by atoms with van der Waals surface area (Å²) in [4.78, 5) is 30.6. The van der Waals surface area contributed by atoms with Crippen LogP contribution in [0.5, 0.6) is 0 Å². The maximum absolute atomic E-state index is 12.8. The molecule has 2 aliphatic rings. The molecule has 0 radical (unpaired) electrons. The maximum atomic E-state index is 12.8. The van der Waals surface area contributed by atoms with Gasteiger partial charge in [-0.2, -0.15) is 0 Å². The molecule has 4 rings (SSSR count). The van der Waals surface area contributed by atoms with E-state index in [1.165, 1.54) is 45.2 Å². The summed E-state index contributed by atoms with van der Waals surface area (Å²) in [5.74, 6) is 0.338. The SMILES string of the molecule is CC(C)Cn1cc(NC(=O)NCCCN2CCN(C3CCCCC3)CC2)c2ccccc2c1=O. The van der Waals surface area contributed by atoms with Crippen molar-refractivity contribution in [2.45, 2.75) is 65.0 Å². The van der Waals surface area contributed by atoms with Crippen LogP contribution in [0.1, 0.15) is 52.4 Å². The Morgan fingerprint density at radius 2 is 1.74 bits per heavy atom. The van der Waals surface area contributed by atoms with E-state index in [0.717, 1.165) is 37.5 Å². The largest absolute Gasteiger partial charge is 0.338 e. The lowest BCUT2D eigenvalue weighted by atomic mass is 9.94. The van der Waals surface area contributed by atoms with Gasteiger partial charge < -0.3 is 20.1 Å². The van der Waals surface area contributed by atoms with Gasteiger partial charge in [-0.05, 0) is 37.8 Å². The van der Waals surface area contributed by atoms with Gasteiger partial charge in [-0.15, -0.1) is 0 Å². The fraction of sp³-hybridized carbons (Fsp3) is 0.630. The van der Waals surface area contributed by atoms with Crippen molar-refractivity contribution in [1.29, 1.82) is 0 Å². The van der Waals surface area contributed by atoms with E-state index in [4.69, 9.17) is 0 Å². The molecule has 1 aromatic heterocycles. The van der Waals surface area contributed by atoms with Gasteiger partial charge in [-0.1, -0.05) is 51.3 Å². The van der Waals surface area contributed by atoms with Crippen LogP contribution in [0.4, 0.5) is 10.5 Å². The van der Waals surface area contributed by atoms with Crippen LogP contribution in [0.15, 0.2) is 35.3 Å². The predicted molar refractivity (Wildman–Crippen MR) is 140 cm³/mol. The fourth-order valence-electron chi connectivity index (χ4n) is 5.44. The molecular weight excluding hydrogens is 426 g/mol. The third kappa shape index (κ3) is 6.39. The number of carbonyl (C=O) groups is 1. The number of aromatic nitrogens is 1. The Bertz CT molecular complexity index is 1000. The molecule has 7 nitrogen and oxygen atoms in total. The molecule has 1 saturated carbocycles. The Kier molecular flexibility index (Phi) is 8.62. The molecule has 2 amide bonds. The van der Waals surface area contributed by atoms with Gasteiger partial charge in [0, 0.05) is 62.3 Å². The van der Waals surface area contributed by atoms with E-state index in [1.807, 2.05) is 24.3 Å². The number of hydrogen-bond donors (Lipinski definition) is 2. The second-order valence-electron chi connectivity index (χ2n) is 10.3. The number of pyridine rings is 1. The summed E-state index contributed by atoms with van der Waals surface area (Å²) in [7, 11) is 0. The monoisotopic (exact) mass is 467 g/mol. The van der Waals surface area contributed by atoms with Crippen LogP contribution in [0.3, 0.4) is 0 Å². The molecule has 0 spiro atoms. The number of hydrogen-bond acceptors (Lipinski definition) is 4. The zero-order valence-corrected chi connectivity index (χ0v) is 20.9. The summed E-state index contributed by atoms with van der Waals surface area (Å²) >= 11 is 0. The van der Waals surface area contributed by atoms with Crippen molar-refractivity contribution in [3.63, 3.8) is 0 Å². The van der Waals surface area contributed by atoms with Gasteiger partial charge in [-0.3, -0.25) is 9.69 Å². The minimum Gasteiger partial charge on any atom is -0.338 e. The van der Waals surface area contributed by atoms with Crippen molar-refractivity contribution < 1.29 is 4.79 Å². The molecular formula is C27H41N5O2. The summed E-state index contributed by atoms with van der Waals surface area (Å²) in [5, 5.41) is 7.38. The minimum absolute atomic E-state index is 0.0150. The van der Waals surface area contributed by atoms with E-state index in [9.17, 15) is 9.59 Å². The molecule has 2 aromatic rings. The number of nitrogens with zero attached hydrogens (tertiary/aromatic N) is 3. The number of benzene rings is 1. The number of anilines is 1. The molecule has 2 heterocycles. The lowest BCUT2D eigenvalue weighted by molar-refractivity contribution is 0.0786. The summed E-state index contributed by atoms with van der Waals surface area (Å²) in [6.45, 7) is 11.1. The van der Waals surface area contributed by atoms with Crippen LogP contribution in [-0.4, -0.2) is 65.7 Å². The summed E-state index contributed by atoms with van der Waals surface area (Å²) in [5.41, 5.74) is 0.658. The van der Waals surface area contributed by atoms with Crippen molar-refractivity contribution in [1.82, 2.24) is 19.7 Å². The maximum Gasteiger partial charge on any atom is 0.319 e. The average molecular weight is 468 g/mol. The smallest absolute Gasteiger partial charge is 0.319 e. The molecule has 2 N–H and O–H groups in total. The number of fused-ring (bicyclic) bond motifs is 1. The Morgan fingerprint density at radius 1 is 1.03 bits per heavy atom. The molecule has 0 unspecified atom stereocenters. The van der Waals surface area contributed by atoms with Crippen LogP contribution >= 0.6 is 0 Å². The molecule has 34 heavy (non-hydrogen) atoms. The lowest BCUT2D eigenvalue weighted by Gasteiger charge is -2.40. The Morgan fingerprint density at radius 3 is 2.44 bits per heavy atom. The van der Waals surface area contributed by atoms with Crippen molar-refractivity contribution in [2.24, 2.45) is 5.92 Å². The highest BCUT2D eigenvalue weighted by molar-refractivity contribution is 6.00. The number of carbonyl (C=O) groups excluding carboxylic acids is 1. The highest BCUT2D eigenvalue weighted by Crippen LogP contribution is 2.23. The third-order valence-corrected chi connectivity index (χ3v) is 7.24. The fourth-order valence-corrected chi connectivity index (χ4v) is 5.44. The van der Waals surface area contributed by atoms with E-state index >= 15 is 0 Å². The zero-order valence-electron chi connectivity index (χ0n) is 20.9. The van der Waals surface area contributed by atoms with Crippen LogP contribution in [0, 0.1) is 5.92 Å². The third-order valence-electron chi connectivity index (χ3n) is 7.24. The summed E-state index contributed by atoms with van der Waals surface area (Å²) in [6, 6.07) is 8.06. The quantitative estimate of drug-likeness (QED) is 0.573. The molecule has 186 valence electrons. The highest BCUT2D eigenvalue weighted by atomic mass is 16.2. The van der Waals surface area contributed by atoms with Crippen molar-refractivity contribution >= 4 is 22.5 Å². The topological polar surface area (TPSA) is 69.6 Å².